The van der Waals surface area contributed by atoms with Crippen molar-refractivity contribution in [2.75, 3.05) is 13.1 Å². The number of aldehydes is 1. The standard InChI is InChI=1S/C13H18ClNO/c1-2-3-8-15-9-12(10-16)11-4-6-13(14)7-5-11/h4-7,10,12,15H,2-3,8-9H2,1H3/t12-/m0/s1. The molecule has 1 aromatic carbocycles. The van der Waals surface area contributed by atoms with E-state index in [4.69, 9.17) is 11.6 Å². The molecule has 0 aliphatic carbocycles. The van der Waals surface area contributed by atoms with Crippen molar-refractivity contribution in [3.63, 3.8) is 0 Å². The molecule has 0 aromatic heterocycles. The molecule has 0 amide bonds. The minimum atomic E-state index is -0.0749. The topological polar surface area (TPSA) is 29.1 Å². The first kappa shape index (κ1) is 13.2. The molecule has 0 saturated carbocycles. The van der Waals surface area contributed by atoms with Gasteiger partial charge >= 0.3 is 0 Å². The number of nitrogens with one attached hydrogen (secondary N) is 1. The molecule has 1 N–H and O–H groups in total. The molecule has 0 bridgehead atoms. The van der Waals surface area contributed by atoms with Gasteiger partial charge in [-0.25, -0.2) is 0 Å². The molecule has 1 rings (SSSR count). The zero-order valence-electron chi connectivity index (χ0n) is 9.58. The monoisotopic (exact) mass is 239 g/mol. The Balaban J connectivity index is 2.47. The Morgan fingerprint density at radius 1 is 1.38 bits per heavy atom. The largest absolute Gasteiger partial charge is 0.316 e. The highest BCUT2D eigenvalue weighted by Gasteiger charge is 2.09. The predicted octanol–water partition coefficient (Wildman–Crippen LogP) is 3.01. The van der Waals surface area contributed by atoms with Gasteiger partial charge in [-0.2, -0.15) is 0 Å². The molecule has 2 nitrogen and oxygen atoms in total. The number of rotatable bonds is 7. The van der Waals surface area contributed by atoms with Crippen LogP contribution in [0.25, 0.3) is 0 Å². The van der Waals surface area contributed by atoms with Crippen LogP contribution in [0.2, 0.25) is 5.02 Å². The minimum absolute atomic E-state index is 0.0749. The van der Waals surface area contributed by atoms with Crippen LogP contribution in [0.5, 0.6) is 0 Å². The van der Waals surface area contributed by atoms with Crippen molar-refractivity contribution in [3.8, 4) is 0 Å². The summed E-state index contributed by atoms with van der Waals surface area (Å²) in [5.74, 6) is -0.0749. The molecule has 16 heavy (non-hydrogen) atoms. The Morgan fingerprint density at radius 2 is 2.06 bits per heavy atom. The predicted molar refractivity (Wildman–Crippen MR) is 68.0 cm³/mol. The fourth-order valence-electron chi connectivity index (χ4n) is 1.51. The summed E-state index contributed by atoms with van der Waals surface area (Å²) in [5.41, 5.74) is 1.02. The molecule has 0 saturated heterocycles. The van der Waals surface area contributed by atoms with E-state index in [9.17, 15) is 4.79 Å². The van der Waals surface area contributed by atoms with Crippen molar-refractivity contribution < 1.29 is 4.79 Å². The number of carbonyl (C=O) groups excluding carboxylic acids is 1. The van der Waals surface area contributed by atoms with Crippen molar-refractivity contribution in [1.82, 2.24) is 5.32 Å². The summed E-state index contributed by atoms with van der Waals surface area (Å²) in [5, 5.41) is 3.99. The average molecular weight is 240 g/mol. The molecule has 0 radical (unpaired) electrons. The molecule has 0 fully saturated rings. The van der Waals surface area contributed by atoms with E-state index >= 15 is 0 Å². The van der Waals surface area contributed by atoms with Crippen LogP contribution in [0.3, 0.4) is 0 Å². The molecule has 0 unspecified atom stereocenters. The Hall–Kier alpha value is -0.860. The smallest absolute Gasteiger partial charge is 0.128 e. The van der Waals surface area contributed by atoms with Gasteiger partial charge in [-0.1, -0.05) is 37.1 Å². The van der Waals surface area contributed by atoms with Crippen molar-refractivity contribution in [3.05, 3.63) is 34.9 Å². The van der Waals surface area contributed by atoms with Gasteiger partial charge in [-0.3, -0.25) is 0 Å². The molecule has 3 heteroatoms. The third-order valence-electron chi connectivity index (χ3n) is 2.53. The van der Waals surface area contributed by atoms with Gasteiger partial charge in [-0.15, -0.1) is 0 Å². The lowest BCUT2D eigenvalue weighted by atomic mass is 10.0. The first-order chi connectivity index (χ1) is 7.77. The summed E-state index contributed by atoms with van der Waals surface area (Å²) in [4.78, 5) is 11.0. The summed E-state index contributed by atoms with van der Waals surface area (Å²) in [6.07, 6.45) is 3.30. The van der Waals surface area contributed by atoms with Crippen molar-refractivity contribution in [2.24, 2.45) is 0 Å². The van der Waals surface area contributed by atoms with E-state index < -0.39 is 0 Å². The van der Waals surface area contributed by atoms with Crippen molar-refractivity contribution in [1.29, 1.82) is 0 Å². The van der Waals surface area contributed by atoms with Gasteiger partial charge < -0.3 is 10.1 Å². The third-order valence-corrected chi connectivity index (χ3v) is 2.79. The van der Waals surface area contributed by atoms with Crippen LogP contribution >= 0.6 is 11.6 Å². The van der Waals surface area contributed by atoms with Gasteiger partial charge in [0.2, 0.25) is 0 Å². The average Bonchev–Trinajstić information content (AvgIpc) is 2.31. The summed E-state index contributed by atoms with van der Waals surface area (Å²) >= 11 is 5.80. The first-order valence-electron chi connectivity index (χ1n) is 5.69. The van der Waals surface area contributed by atoms with Crippen LogP contribution in [0.4, 0.5) is 0 Å². The molecule has 0 aliphatic rings. The van der Waals surface area contributed by atoms with Gasteiger partial charge in [0.25, 0.3) is 0 Å². The number of benzene rings is 1. The van der Waals surface area contributed by atoms with Crippen molar-refractivity contribution in [2.45, 2.75) is 25.7 Å². The highest BCUT2D eigenvalue weighted by atomic mass is 35.5. The number of hydrogen-bond donors (Lipinski definition) is 1. The molecular weight excluding hydrogens is 222 g/mol. The molecular formula is C13H18ClNO. The molecule has 88 valence electrons. The second kappa shape index (κ2) is 7.42. The Kier molecular flexibility index (Phi) is 6.12. The van der Waals surface area contributed by atoms with Crippen LogP contribution in [-0.2, 0) is 4.79 Å². The quantitative estimate of drug-likeness (QED) is 0.586. The van der Waals surface area contributed by atoms with E-state index in [-0.39, 0.29) is 5.92 Å². The lowest BCUT2D eigenvalue weighted by Gasteiger charge is -2.11. The van der Waals surface area contributed by atoms with Gasteiger partial charge in [0, 0.05) is 11.6 Å². The second-order valence-corrected chi connectivity index (χ2v) is 4.29. The normalized spacial score (nSPS) is 12.4. The third kappa shape index (κ3) is 4.33. The number of unbranched alkanes of at least 4 members (excludes halogenated alkanes) is 1. The van der Waals surface area contributed by atoms with E-state index in [1.165, 1.54) is 6.42 Å². The van der Waals surface area contributed by atoms with Crippen LogP contribution < -0.4 is 5.32 Å². The Bertz CT molecular complexity index is 310. The van der Waals surface area contributed by atoms with E-state index in [0.29, 0.717) is 11.6 Å². The van der Waals surface area contributed by atoms with Crippen molar-refractivity contribution >= 4 is 17.9 Å². The lowest BCUT2D eigenvalue weighted by Crippen LogP contribution is -2.23. The van der Waals surface area contributed by atoms with Gasteiger partial charge in [0.1, 0.15) is 6.29 Å². The molecule has 1 atom stereocenters. The van der Waals surface area contributed by atoms with Gasteiger partial charge in [-0.05, 0) is 30.7 Å². The maximum absolute atomic E-state index is 11.0. The van der Waals surface area contributed by atoms with E-state index in [0.717, 1.165) is 24.8 Å². The SMILES string of the molecule is CCCCNC[C@@H](C=O)c1ccc(Cl)cc1. The molecule has 0 aliphatic heterocycles. The summed E-state index contributed by atoms with van der Waals surface area (Å²) < 4.78 is 0. The molecule has 1 aromatic rings. The Morgan fingerprint density at radius 3 is 2.62 bits per heavy atom. The molecule has 0 heterocycles. The van der Waals surface area contributed by atoms with E-state index in [1.807, 2.05) is 24.3 Å². The number of halogens is 1. The van der Waals surface area contributed by atoms with Gasteiger partial charge in [0.15, 0.2) is 0 Å². The van der Waals surface area contributed by atoms with Gasteiger partial charge in [0.05, 0.1) is 5.92 Å². The zero-order chi connectivity index (χ0) is 11.8. The van der Waals surface area contributed by atoms with E-state index in [2.05, 4.69) is 12.2 Å². The maximum Gasteiger partial charge on any atom is 0.128 e. The zero-order valence-corrected chi connectivity index (χ0v) is 10.3. The fourth-order valence-corrected chi connectivity index (χ4v) is 1.64. The number of carbonyl (C=O) groups is 1. The fraction of sp³-hybridized carbons (Fsp3) is 0.462. The second-order valence-electron chi connectivity index (χ2n) is 3.85. The van der Waals surface area contributed by atoms with Crippen LogP contribution in [0.1, 0.15) is 31.2 Å². The maximum atomic E-state index is 11.0. The van der Waals surface area contributed by atoms with Crippen LogP contribution in [0.15, 0.2) is 24.3 Å². The highest BCUT2D eigenvalue weighted by molar-refractivity contribution is 6.30. The summed E-state index contributed by atoms with van der Waals surface area (Å²) in [6.45, 7) is 3.82. The highest BCUT2D eigenvalue weighted by Crippen LogP contribution is 2.16. The lowest BCUT2D eigenvalue weighted by molar-refractivity contribution is -0.109. The molecule has 0 spiro atoms. The minimum Gasteiger partial charge on any atom is -0.316 e. The Labute approximate surface area is 102 Å². The number of hydrogen-bond acceptors (Lipinski definition) is 2. The summed E-state index contributed by atoms with van der Waals surface area (Å²) in [7, 11) is 0. The first-order valence-corrected chi connectivity index (χ1v) is 6.07. The summed E-state index contributed by atoms with van der Waals surface area (Å²) in [6, 6.07) is 7.45. The van der Waals surface area contributed by atoms with E-state index in [1.54, 1.807) is 0 Å². The van der Waals surface area contributed by atoms with Crippen LogP contribution in [0, 0.1) is 0 Å². The van der Waals surface area contributed by atoms with Crippen LogP contribution in [-0.4, -0.2) is 19.4 Å².